The molecule has 98 valence electrons. The third kappa shape index (κ3) is 2.91. The summed E-state index contributed by atoms with van der Waals surface area (Å²) in [5.74, 6) is 6.53. The minimum Gasteiger partial charge on any atom is -0.383 e. The van der Waals surface area contributed by atoms with Crippen molar-refractivity contribution in [2.24, 2.45) is 11.1 Å². The van der Waals surface area contributed by atoms with Gasteiger partial charge < -0.3 is 4.84 Å². The Kier molecular flexibility index (Phi) is 3.72. The van der Waals surface area contributed by atoms with Crippen LogP contribution in [0.15, 0.2) is 29.4 Å². The molecule has 4 heteroatoms. The van der Waals surface area contributed by atoms with Crippen molar-refractivity contribution in [2.45, 2.75) is 6.42 Å². The van der Waals surface area contributed by atoms with E-state index in [2.05, 4.69) is 21.9 Å². The summed E-state index contributed by atoms with van der Waals surface area (Å²) in [6, 6.07) is 7.53. The first kappa shape index (κ1) is 12.5. The predicted octanol–water partition coefficient (Wildman–Crippen LogP) is 2.40. The smallest absolute Gasteiger partial charge is 0.177 e. The normalized spacial score (nSPS) is 26.3. The number of hydrogen-bond donors (Lipinski definition) is 0. The fourth-order valence-electron chi connectivity index (χ4n) is 2.55. The molecule has 2 unspecified atom stereocenters. The molecule has 2 atom stereocenters. The number of oxime groups is 1. The fourth-order valence-corrected chi connectivity index (χ4v) is 2.73. The van der Waals surface area contributed by atoms with Crippen molar-refractivity contribution in [1.29, 1.82) is 0 Å². The largest absolute Gasteiger partial charge is 0.383 e. The highest BCUT2D eigenvalue weighted by Crippen LogP contribution is 2.25. The minimum atomic E-state index is 0.307. The van der Waals surface area contributed by atoms with Crippen LogP contribution in [0.5, 0.6) is 0 Å². The molecular weight excluding hydrogens is 260 g/mol. The molecule has 2 saturated heterocycles. The first-order chi connectivity index (χ1) is 9.33. The maximum Gasteiger partial charge on any atom is 0.177 e. The molecule has 3 rings (SSSR count). The molecule has 2 aliphatic heterocycles. The van der Waals surface area contributed by atoms with Crippen LogP contribution in [-0.2, 0) is 4.84 Å². The Morgan fingerprint density at radius 1 is 1.42 bits per heavy atom. The first-order valence-electron chi connectivity index (χ1n) is 6.47. The molecule has 0 saturated carbocycles. The van der Waals surface area contributed by atoms with E-state index in [1.807, 2.05) is 24.3 Å². The van der Waals surface area contributed by atoms with E-state index in [4.69, 9.17) is 16.4 Å². The molecular formula is C15H15ClN2O. The van der Waals surface area contributed by atoms with Gasteiger partial charge in [0.25, 0.3) is 0 Å². The van der Waals surface area contributed by atoms with Crippen LogP contribution in [0, 0.1) is 17.8 Å². The highest BCUT2D eigenvalue weighted by molar-refractivity contribution is 6.31. The summed E-state index contributed by atoms with van der Waals surface area (Å²) in [6.45, 7) is 3.62. The number of hydrogen-bond acceptors (Lipinski definition) is 3. The Morgan fingerprint density at radius 2 is 2.32 bits per heavy atom. The van der Waals surface area contributed by atoms with Crippen molar-refractivity contribution in [3.05, 3.63) is 34.9 Å². The van der Waals surface area contributed by atoms with Crippen LogP contribution >= 0.6 is 11.6 Å². The predicted molar refractivity (Wildman–Crippen MR) is 76.3 cm³/mol. The molecule has 0 amide bonds. The van der Waals surface area contributed by atoms with E-state index in [0.29, 0.717) is 17.5 Å². The average molecular weight is 275 g/mol. The van der Waals surface area contributed by atoms with Crippen LogP contribution in [0.2, 0.25) is 5.02 Å². The van der Waals surface area contributed by atoms with Crippen LogP contribution in [0.4, 0.5) is 0 Å². The lowest BCUT2D eigenvalue weighted by molar-refractivity contribution is 0.177. The van der Waals surface area contributed by atoms with Gasteiger partial charge in [-0.15, -0.1) is 0 Å². The van der Waals surface area contributed by atoms with Gasteiger partial charge in [0, 0.05) is 24.6 Å². The Labute approximate surface area is 118 Å². The highest BCUT2D eigenvalue weighted by Gasteiger charge is 2.35. The van der Waals surface area contributed by atoms with Crippen molar-refractivity contribution in [2.75, 3.05) is 26.2 Å². The van der Waals surface area contributed by atoms with Gasteiger partial charge in [-0.3, -0.25) is 4.90 Å². The van der Waals surface area contributed by atoms with Gasteiger partial charge in [-0.25, -0.2) is 0 Å². The standard InChI is InChI=1S/C15H15ClN2O/c16-14-6-2-1-4-12(14)5-3-9-19-17-15-11-18-8-7-13(15)10-18/h1-2,4,6,13H,7-11H2/b17-15-. The monoisotopic (exact) mass is 274 g/mol. The zero-order valence-electron chi connectivity index (χ0n) is 10.6. The first-order valence-corrected chi connectivity index (χ1v) is 6.85. The zero-order valence-corrected chi connectivity index (χ0v) is 11.4. The lowest BCUT2D eigenvalue weighted by Crippen LogP contribution is -2.23. The van der Waals surface area contributed by atoms with E-state index >= 15 is 0 Å². The summed E-state index contributed by atoms with van der Waals surface area (Å²) in [6.07, 6.45) is 1.22. The quantitative estimate of drug-likeness (QED) is 0.470. The second-order valence-corrected chi connectivity index (χ2v) is 5.27. The Hall–Kier alpha value is -1.50. The van der Waals surface area contributed by atoms with Crippen molar-refractivity contribution in [3.63, 3.8) is 0 Å². The molecule has 0 spiro atoms. The van der Waals surface area contributed by atoms with Crippen LogP contribution in [-0.4, -0.2) is 36.9 Å². The van der Waals surface area contributed by atoms with Crippen LogP contribution in [0.1, 0.15) is 12.0 Å². The van der Waals surface area contributed by atoms with Gasteiger partial charge in [-0.05, 0) is 25.1 Å². The van der Waals surface area contributed by atoms with Crippen molar-refractivity contribution in [1.82, 2.24) is 4.90 Å². The molecule has 3 nitrogen and oxygen atoms in total. The van der Waals surface area contributed by atoms with Gasteiger partial charge in [0.05, 0.1) is 10.7 Å². The Balaban J connectivity index is 1.52. The van der Waals surface area contributed by atoms with Gasteiger partial charge in [0.15, 0.2) is 6.61 Å². The van der Waals surface area contributed by atoms with Gasteiger partial charge in [-0.1, -0.05) is 40.7 Å². The summed E-state index contributed by atoms with van der Waals surface area (Å²) < 4.78 is 0. The average Bonchev–Trinajstić information content (AvgIpc) is 3.03. The van der Waals surface area contributed by atoms with Gasteiger partial charge in [0.2, 0.25) is 0 Å². The number of halogens is 1. The second-order valence-electron chi connectivity index (χ2n) is 4.86. The number of benzene rings is 1. The molecule has 1 aromatic rings. The summed E-state index contributed by atoms with van der Waals surface area (Å²) in [5, 5.41) is 4.87. The van der Waals surface area contributed by atoms with Gasteiger partial charge in [-0.2, -0.15) is 0 Å². The van der Waals surface area contributed by atoms with Crippen LogP contribution in [0.25, 0.3) is 0 Å². The number of nitrogens with zero attached hydrogens (tertiary/aromatic N) is 2. The molecule has 0 radical (unpaired) electrons. The minimum absolute atomic E-state index is 0.307. The van der Waals surface area contributed by atoms with Gasteiger partial charge in [0.1, 0.15) is 0 Å². The van der Waals surface area contributed by atoms with Crippen molar-refractivity contribution in [3.8, 4) is 11.8 Å². The van der Waals surface area contributed by atoms with Crippen LogP contribution < -0.4 is 0 Å². The zero-order chi connectivity index (χ0) is 13.1. The third-order valence-electron chi connectivity index (χ3n) is 3.54. The maximum atomic E-state index is 6.01. The molecule has 2 heterocycles. The number of rotatable bonds is 2. The topological polar surface area (TPSA) is 24.8 Å². The highest BCUT2D eigenvalue weighted by atomic mass is 35.5. The van der Waals surface area contributed by atoms with E-state index in [0.717, 1.165) is 18.7 Å². The SMILES string of the molecule is Clc1ccccc1C#CCO/N=C1/CN2CCC1C2. The Bertz CT molecular complexity index is 559. The summed E-state index contributed by atoms with van der Waals surface area (Å²) in [7, 11) is 0. The lowest BCUT2D eigenvalue weighted by atomic mass is 10.0. The number of piperidine rings is 1. The maximum absolute atomic E-state index is 6.01. The Morgan fingerprint density at radius 3 is 3.05 bits per heavy atom. The molecule has 2 bridgehead atoms. The molecule has 2 aliphatic rings. The van der Waals surface area contributed by atoms with Crippen molar-refractivity contribution < 1.29 is 4.84 Å². The molecule has 1 aromatic carbocycles. The summed E-state index contributed by atoms with van der Waals surface area (Å²) in [5.41, 5.74) is 2.00. The lowest BCUT2D eigenvalue weighted by Gasteiger charge is -2.12. The molecule has 0 N–H and O–H groups in total. The fraction of sp³-hybridized carbons (Fsp3) is 0.400. The summed E-state index contributed by atoms with van der Waals surface area (Å²) in [4.78, 5) is 7.68. The molecule has 19 heavy (non-hydrogen) atoms. The second kappa shape index (κ2) is 5.64. The van der Waals surface area contributed by atoms with Crippen LogP contribution in [0.3, 0.4) is 0 Å². The van der Waals surface area contributed by atoms with E-state index in [1.54, 1.807) is 0 Å². The molecule has 0 aliphatic carbocycles. The van der Waals surface area contributed by atoms with Crippen molar-refractivity contribution >= 4 is 17.3 Å². The molecule has 0 aromatic heterocycles. The molecule has 2 fully saturated rings. The van der Waals surface area contributed by atoms with E-state index in [9.17, 15) is 0 Å². The summed E-state index contributed by atoms with van der Waals surface area (Å²) >= 11 is 6.01. The van der Waals surface area contributed by atoms with E-state index in [1.165, 1.54) is 18.7 Å². The van der Waals surface area contributed by atoms with E-state index < -0.39 is 0 Å². The van der Waals surface area contributed by atoms with E-state index in [-0.39, 0.29) is 0 Å². The number of fused-ring (bicyclic) bond motifs is 2. The third-order valence-corrected chi connectivity index (χ3v) is 3.87. The van der Waals surface area contributed by atoms with Gasteiger partial charge >= 0.3 is 0 Å².